The Hall–Kier alpha value is -0.760. The van der Waals surface area contributed by atoms with Gasteiger partial charge in [-0.3, -0.25) is 13.8 Å². The second-order valence-corrected chi connectivity index (χ2v) is 22.1. The Morgan fingerprint density at radius 1 is 0.516 bits per heavy atom. The van der Waals surface area contributed by atoms with Crippen molar-refractivity contribution in [1.29, 1.82) is 0 Å². The third-order valence-electron chi connectivity index (χ3n) is 13.0. The number of aliphatic hydroxyl groups excluding tert-OH is 1. The Bertz CT molecular complexity index is 1050. The van der Waals surface area contributed by atoms with Gasteiger partial charge in [0.1, 0.15) is 13.2 Å². The van der Waals surface area contributed by atoms with Crippen LogP contribution in [0.15, 0.2) is 12.2 Å². The van der Waals surface area contributed by atoms with E-state index in [0.717, 1.165) is 38.5 Å². The van der Waals surface area contributed by atoms with Crippen LogP contribution in [0.1, 0.15) is 284 Å². The minimum Gasteiger partial charge on any atom is -0.391 e. The fourth-order valence-corrected chi connectivity index (χ4v) is 9.31. The summed E-state index contributed by atoms with van der Waals surface area (Å²) in [7, 11) is 1.63. The molecule has 0 aromatic heterocycles. The summed E-state index contributed by atoms with van der Waals surface area (Å²) in [5.41, 5.74) is 0. The van der Waals surface area contributed by atoms with Crippen LogP contribution in [0.5, 0.6) is 0 Å². The maximum Gasteiger partial charge on any atom is 0.472 e. The molecule has 0 spiro atoms. The summed E-state index contributed by atoms with van der Waals surface area (Å²) in [4.78, 5) is 23.3. The first kappa shape index (κ1) is 63.2. The first-order chi connectivity index (χ1) is 31.0. The number of rotatable bonds is 52. The number of hydrogen-bond donors (Lipinski definition) is 3. The highest BCUT2D eigenvalue weighted by atomic mass is 31.2. The second kappa shape index (κ2) is 47.3. The molecule has 0 aromatic rings. The molecule has 64 heavy (non-hydrogen) atoms. The highest BCUT2D eigenvalue weighted by molar-refractivity contribution is 7.47. The summed E-state index contributed by atoms with van der Waals surface area (Å²) in [6, 6.07) is -0.759. The number of carbonyl (C=O) groups is 1. The minimum atomic E-state index is -4.32. The monoisotopic (exact) mass is 928 g/mol. The largest absolute Gasteiger partial charge is 0.472 e. The fraction of sp³-hybridized carbons (Fsp3) is 0.945. The highest BCUT2D eigenvalue weighted by Crippen LogP contribution is 2.43. The first-order valence-electron chi connectivity index (χ1n) is 28.1. The van der Waals surface area contributed by atoms with Crippen LogP contribution in [0.3, 0.4) is 0 Å². The molecule has 0 aromatic carbocycles. The van der Waals surface area contributed by atoms with Crippen molar-refractivity contribution in [3.63, 3.8) is 0 Å². The minimum absolute atomic E-state index is 0.0765. The van der Waals surface area contributed by atoms with E-state index in [4.69, 9.17) is 9.05 Å². The summed E-state index contributed by atoms with van der Waals surface area (Å²) in [6.45, 7) is 4.93. The van der Waals surface area contributed by atoms with E-state index in [9.17, 15) is 19.4 Å². The lowest BCUT2D eigenvalue weighted by Gasteiger charge is -2.26. The maximum atomic E-state index is 13.0. The number of hydrogen-bond acceptors (Lipinski definition) is 5. The van der Waals surface area contributed by atoms with Crippen molar-refractivity contribution in [1.82, 2.24) is 5.32 Å². The number of nitrogens with one attached hydrogen (secondary N) is 1. The summed E-state index contributed by atoms with van der Waals surface area (Å²) in [6.07, 6.45) is 56.9. The van der Waals surface area contributed by atoms with Crippen LogP contribution in [0, 0.1) is 0 Å². The normalized spacial score (nSPS) is 14.0. The Kier molecular flexibility index (Phi) is 46.8. The summed E-state index contributed by atoms with van der Waals surface area (Å²) >= 11 is 0. The van der Waals surface area contributed by atoms with E-state index in [0.29, 0.717) is 23.9 Å². The summed E-state index contributed by atoms with van der Waals surface area (Å²) in [5.74, 6) is -0.143. The van der Waals surface area contributed by atoms with Gasteiger partial charge >= 0.3 is 7.82 Å². The highest BCUT2D eigenvalue weighted by Gasteiger charge is 2.28. The molecule has 3 atom stereocenters. The van der Waals surface area contributed by atoms with E-state index in [2.05, 4.69) is 31.3 Å². The van der Waals surface area contributed by atoms with Crippen LogP contribution in [-0.2, 0) is 18.4 Å². The average molecular weight is 928 g/mol. The van der Waals surface area contributed by atoms with E-state index >= 15 is 0 Å². The van der Waals surface area contributed by atoms with Crippen LogP contribution in [0.2, 0.25) is 0 Å². The van der Waals surface area contributed by atoms with Gasteiger partial charge in [-0.05, 0) is 38.5 Å². The molecular formula is C55H112N2O6P+. The standard InChI is InChI=1S/C55H111N2O6P/c1-6-8-10-12-14-16-18-20-22-24-26-27-28-29-30-31-33-35-37-39-41-43-45-47-49-55(59)56-53(52-63-64(60,61)62-51-50-57(3,4)5)54(58)48-46-44-42-40-38-36-34-32-25-23-21-19-17-15-13-11-9-7-2/h29-30,53-54,58H,6-28,31-52H2,1-5H3,(H-,56,59,60,61)/p+1/b30-29-. The van der Waals surface area contributed by atoms with Crippen molar-refractivity contribution >= 4 is 13.7 Å². The molecule has 0 saturated heterocycles. The van der Waals surface area contributed by atoms with Crippen molar-refractivity contribution in [3.8, 4) is 0 Å². The van der Waals surface area contributed by atoms with Gasteiger partial charge in [-0.15, -0.1) is 0 Å². The van der Waals surface area contributed by atoms with Crippen molar-refractivity contribution < 1.29 is 32.9 Å². The number of phosphoric ester groups is 1. The lowest BCUT2D eigenvalue weighted by Crippen LogP contribution is -2.46. The van der Waals surface area contributed by atoms with Crippen LogP contribution in [-0.4, -0.2) is 73.4 Å². The molecule has 9 heteroatoms. The molecule has 3 unspecified atom stereocenters. The fourth-order valence-electron chi connectivity index (χ4n) is 8.57. The molecular weight excluding hydrogens is 816 g/mol. The van der Waals surface area contributed by atoms with Crippen LogP contribution >= 0.6 is 7.82 Å². The first-order valence-corrected chi connectivity index (χ1v) is 29.5. The molecule has 3 N–H and O–H groups in total. The molecule has 0 radical (unpaired) electrons. The molecule has 0 fully saturated rings. The Balaban J connectivity index is 4.17. The van der Waals surface area contributed by atoms with Crippen molar-refractivity contribution in [3.05, 3.63) is 12.2 Å². The third kappa shape index (κ3) is 49.2. The molecule has 382 valence electrons. The van der Waals surface area contributed by atoms with Gasteiger partial charge in [-0.25, -0.2) is 4.57 Å². The molecule has 8 nitrogen and oxygen atoms in total. The number of carbonyl (C=O) groups excluding carboxylic acids is 1. The zero-order valence-corrected chi connectivity index (χ0v) is 44.4. The van der Waals surface area contributed by atoms with Crippen molar-refractivity contribution in [2.45, 2.75) is 296 Å². The lowest BCUT2D eigenvalue weighted by atomic mass is 10.0. The van der Waals surface area contributed by atoms with E-state index in [1.807, 2.05) is 21.1 Å². The Labute approximate surface area is 399 Å². The lowest BCUT2D eigenvalue weighted by molar-refractivity contribution is -0.870. The number of quaternary nitrogens is 1. The predicted octanol–water partition coefficient (Wildman–Crippen LogP) is 16.7. The van der Waals surface area contributed by atoms with Crippen molar-refractivity contribution in [2.24, 2.45) is 0 Å². The van der Waals surface area contributed by atoms with E-state index in [-0.39, 0.29) is 19.1 Å². The van der Waals surface area contributed by atoms with E-state index < -0.39 is 20.0 Å². The number of unbranched alkanes of at least 4 members (excludes halogenated alkanes) is 37. The summed E-state index contributed by atoms with van der Waals surface area (Å²) in [5, 5.41) is 14.1. The van der Waals surface area contributed by atoms with Gasteiger partial charge in [0.2, 0.25) is 5.91 Å². The van der Waals surface area contributed by atoms with Gasteiger partial charge < -0.3 is 19.8 Å². The maximum absolute atomic E-state index is 13.0. The SMILES string of the molecule is CCCCCCCCCCCCCC/C=C\CCCCCCCCCCC(=O)NC(COP(=O)(O)OCC[N+](C)(C)C)C(O)CCCCCCCCCCCCCCCCCCCC. The zero-order valence-electron chi connectivity index (χ0n) is 43.6. The number of allylic oxidation sites excluding steroid dienone is 2. The average Bonchev–Trinajstić information content (AvgIpc) is 3.25. The molecule has 0 saturated carbocycles. The molecule has 0 aliphatic heterocycles. The van der Waals surface area contributed by atoms with Crippen LogP contribution < -0.4 is 5.32 Å². The second-order valence-electron chi connectivity index (χ2n) is 20.7. The van der Waals surface area contributed by atoms with Crippen LogP contribution in [0.4, 0.5) is 0 Å². The molecule has 0 heterocycles. The number of phosphoric acid groups is 1. The number of nitrogens with zero attached hydrogens (tertiary/aromatic N) is 1. The summed E-state index contributed by atoms with van der Waals surface area (Å²) < 4.78 is 23.8. The zero-order chi connectivity index (χ0) is 47.1. The molecule has 0 aliphatic carbocycles. The quantitative estimate of drug-likeness (QED) is 0.0243. The van der Waals surface area contributed by atoms with Gasteiger partial charge in [0, 0.05) is 6.42 Å². The smallest absolute Gasteiger partial charge is 0.391 e. The number of likely N-dealkylation sites (N-methyl/N-ethyl adjacent to an activating group) is 1. The van der Waals surface area contributed by atoms with Gasteiger partial charge in [0.25, 0.3) is 0 Å². The van der Waals surface area contributed by atoms with Gasteiger partial charge in [-0.2, -0.15) is 0 Å². The molecule has 0 aliphatic rings. The van der Waals surface area contributed by atoms with Crippen LogP contribution in [0.25, 0.3) is 0 Å². The number of aliphatic hydroxyl groups is 1. The van der Waals surface area contributed by atoms with E-state index in [1.165, 1.54) is 218 Å². The number of amides is 1. The topological polar surface area (TPSA) is 105 Å². The Morgan fingerprint density at radius 2 is 0.844 bits per heavy atom. The predicted molar refractivity (Wildman–Crippen MR) is 277 cm³/mol. The van der Waals surface area contributed by atoms with Crippen molar-refractivity contribution in [2.75, 3.05) is 40.9 Å². The molecule has 0 rings (SSSR count). The van der Waals surface area contributed by atoms with Gasteiger partial charge in [0.15, 0.2) is 0 Å². The molecule has 0 bridgehead atoms. The Morgan fingerprint density at radius 3 is 1.20 bits per heavy atom. The van der Waals surface area contributed by atoms with Gasteiger partial charge in [-0.1, -0.05) is 251 Å². The molecule has 1 amide bonds. The van der Waals surface area contributed by atoms with Gasteiger partial charge in [0.05, 0.1) is 39.9 Å². The third-order valence-corrected chi connectivity index (χ3v) is 14.0. The van der Waals surface area contributed by atoms with E-state index in [1.54, 1.807) is 0 Å².